The Hall–Kier alpha value is -2.14. The predicted octanol–water partition coefficient (Wildman–Crippen LogP) is 2.67. The molecular weight excluding hydrogens is 270 g/mol. The molecule has 0 bridgehead atoms. The molecule has 0 aliphatic carbocycles. The number of methoxy groups -OCH3 is 1. The molecule has 2 aromatic rings. The summed E-state index contributed by atoms with van der Waals surface area (Å²) in [7, 11) is 3.42. The first-order valence-electron chi connectivity index (χ1n) is 6.24. The molecule has 0 unspecified atom stereocenters. The molecule has 2 N–H and O–H groups in total. The molecule has 4 nitrogen and oxygen atoms in total. The van der Waals surface area contributed by atoms with Crippen molar-refractivity contribution < 1.29 is 4.74 Å². The highest BCUT2D eigenvalue weighted by molar-refractivity contribution is 7.80. The molecule has 2 rings (SSSR count). The normalized spacial score (nSPS) is 11.2. The van der Waals surface area contributed by atoms with Gasteiger partial charge in [-0.25, -0.2) is 0 Å². The van der Waals surface area contributed by atoms with Gasteiger partial charge in [0.2, 0.25) is 0 Å². The molecule has 0 amide bonds. The highest BCUT2D eigenvalue weighted by Crippen LogP contribution is 2.22. The molecule has 0 saturated heterocycles. The molecule has 0 radical (unpaired) electrons. The Morgan fingerprint density at radius 1 is 1.15 bits per heavy atom. The van der Waals surface area contributed by atoms with E-state index in [-0.39, 0.29) is 0 Å². The molecule has 5 heteroatoms. The number of hydrazone groups is 1. The summed E-state index contributed by atoms with van der Waals surface area (Å²) in [6.07, 6.45) is 0. The largest absolute Gasteiger partial charge is 0.497 e. The molecule has 0 spiro atoms. The van der Waals surface area contributed by atoms with Crippen LogP contribution in [0.15, 0.2) is 41.5 Å². The zero-order chi connectivity index (χ0) is 14.5. The lowest BCUT2D eigenvalue weighted by molar-refractivity contribution is 0.415. The molecule has 0 aliphatic heterocycles. The number of nitrogens with one attached hydrogen (secondary N) is 2. The minimum Gasteiger partial charge on any atom is -0.497 e. The minimum absolute atomic E-state index is 0.495. The van der Waals surface area contributed by atoms with E-state index in [1.54, 1.807) is 14.2 Å². The van der Waals surface area contributed by atoms with E-state index in [1.165, 1.54) is 0 Å². The van der Waals surface area contributed by atoms with Gasteiger partial charge in [0.05, 0.1) is 12.8 Å². The Balaban J connectivity index is 2.29. The first-order valence-corrected chi connectivity index (χ1v) is 6.65. The van der Waals surface area contributed by atoms with Crippen LogP contribution in [-0.4, -0.2) is 25.0 Å². The monoisotopic (exact) mass is 287 g/mol. The quantitative estimate of drug-likeness (QED) is 0.517. The van der Waals surface area contributed by atoms with Crippen molar-refractivity contribution in [3.05, 3.63) is 42.0 Å². The van der Waals surface area contributed by atoms with Crippen LogP contribution in [0.3, 0.4) is 0 Å². The van der Waals surface area contributed by atoms with Gasteiger partial charge in [0.15, 0.2) is 5.11 Å². The van der Waals surface area contributed by atoms with Gasteiger partial charge in [-0.1, -0.05) is 18.2 Å². The van der Waals surface area contributed by atoms with Crippen LogP contribution in [-0.2, 0) is 0 Å². The summed E-state index contributed by atoms with van der Waals surface area (Å²) in [6, 6.07) is 12.2. The Labute approximate surface area is 123 Å². The van der Waals surface area contributed by atoms with Gasteiger partial charge in [0.1, 0.15) is 5.75 Å². The Bertz CT molecular complexity index is 667. The molecule has 0 atom stereocenters. The number of hydrogen-bond donors (Lipinski definition) is 2. The topological polar surface area (TPSA) is 45.7 Å². The Morgan fingerprint density at radius 3 is 2.55 bits per heavy atom. The summed E-state index contributed by atoms with van der Waals surface area (Å²) >= 11 is 4.99. The van der Waals surface area contributed by atoms with E-state index in [1.807, 2.05) is 31.2 Å². The number of ether oxygens (including phenoxy) is 1. The number of rotatable bonds is 3. The molecule has 0 saturated carbocycles. The van der Waals surface area contributed by atoms with E-state index < -0.39 is 0 Å². The van der Waals surface area contributed by atoms with Crippen molar-refractivity contribution in [2.45, 2.75) is 6.92 Å². The number of nitrogens with zero attached hydrogens (tertiary/aromatic N) is 1. The lowest BCUT2D eigenvalue weighted by atomic mass is 10.0. The van der Waals surface area contributed by atoms with Crippen molar-refractivity contribution in [3.8, 4) is 5.75 Å². The second kappa shape index (κ2) is 6.34. The highest BCUT2D eigenvalue weighted by Gasteiger charge is 2.02. The number of fused-ring (bicyclic) bond motifs is 1. The Morgan fingerprint density at radius 2 is 1.85 bits per heavy atom. The number of thiocarbonyl (C=S) groups is 1. The zero-order valence-corrected chi connectivity index (χ0v) is 12.5. The van der Waals surface area contributed by atoms with E-state index in [0.29, 0.717) is 5.11 Å². The molecule has 0 fully saturated rings. The molecular formula is C15H17N3OS. The SMILES string of the molecule is CNC(=S)N/N=C(\C)c1ccc2cc(OC)ccc2c1. The number of hydrogen-bond acceptors (Lipinski definition) is 3. The third-order valence-electron chi connectivity index (χ3n) is 3.02. The van der Waals surface area contributed by atoms with Crippen molar-refractivity contribution >= 4 is 33.8 Å². The first-order chi connectivity index (χ1) is 9.63. The van der Waals surface area contributed by atoms with Crippen LogP contribution in [0.25, 0.3) is 10.8 Å². The average molecular weight is 287 g/mol. The van der Waals surface area contributed by atoms with Gasteiger partial charge in [-0.15, -0.1) is 0 Å². The van der Waals surface area contributed by atoms with Crippen molar-refractivity contribution in [1.29, 1.82) is 0 Å². The zero-order valence-electron chi connectivity index (χ0n) is 11.7. The molecule has 0 heterocycles. The minimum atomic E-state index is 0.495. The second-order valence-corrected chi connectivity index (χ2v) is 4.72. The van der Waals surface area contributed by atoms with E-state index in [4.69, 9.17) is 17.0 Å². The van der Waals surface area contributed by atoms with Crippen LogP contribution in [0, 0.1) is 0 Å². The van der Waals surface area contributed by atoms with Crippen molar-refractivity contribution in [2.75, 3.05) is 14.2 Å². The van der Waals surface area contributed by atoms with Gasteiger partial charge in [-0.2, -0.15) is 5.10 Å². The van der Waals surface area contributed by atoms with Crippen LogP contribution < -0.4 is 15.5 Å². The summed E-state index contributed by atoms with van der Waals surface area (Å²) in [6.45, 7) is 1.94. The van der Waals surface area contributed by atoms with Gasteiger partial charge in [-0.05, 0) is 53.7 Å². The van der Waals surface area contributed by atoms with E-state index >= 15 is 0 Å². The maximum absolute atomic E-state index is 5.22. The fourth-order valence-electron chi connectivity index (χ4n) is 1.83. The number of benzene rings is 2. The van der Waals surface area contributed by atoms with Gasteiger partial charge >= 0.3 is 0 Å². The van der Waals surface area contributed by atoms with E-state index in [2.05, 4.69) is 28.0 Å². The standard InChI is InChI=1S/C15H17N3OS/c1-10(17-18-15(20)16-2)11-4-5-13-9-14(19-3)7-6-12(13)8-11/h4-9H,1-3H3,(H2,16,18,20)/b17-10+. The summed E-state index contributed by atoms with van der Waals surface area (Å²) in [5.41, 5.74) is 4.71. The summed E-state index contributed by atoms with van der Waals surface area (Å²) in [4.78, 5) is 0. The van der Waals surface area contributed by atoms with Crippen LogP contribution in [0.4, 0.5) is 0 Å². The van der Waals surface area contributed by atoms with Crippen molar-refractivity contribution in [2.24, 2.45) is 5.10 Å². The Kier molecular flexibility index (Phi) is 4.53. The van der Waals surface area contributed by atoms with Crippen molar-refractivity contribution in [1.82, 2.24) is 10.7 Å². The maximum atomic E-state index is 5.22. The predicted molar refractivity (Wildman–Crippen MR) is 87.5 cm³/mol. The summed E-state index contributed by atoms with van der Waals surface area (Å²) in [5.74, 6) is 0.858. The third-order valence-corrected chi connectivity index (χ3v) is 3.31. The second-order valence-electron chi connectivity index (χ2n) is 4.32. The van der Waals surface area contributed by atoms with Crippen LogP contribution in [0.2, 0.25) is 0 Å². The molecule has 0 aromatic heterocycles. The van der Waals surface area contributed by atoms with Gasteiger partial charge in [-0.3, -0.25) is 5.43 Å². The summed E-state index contributed by atoms with van der Waals surface area (Å²) in [5, 5.41) is 9.84. The van der Waals surface area contributed by atoms with Gasteiger partial charge < -0.3 is 10.1 Å². The van der Waals surface area contributed by atoms with Crippen LogP contribution >= 0.6 is 12.2 Å². The summed E-state index contributed by atoms with van der Waals surface area (Å²) < 4.78 is 5.22. The van der Waals surface area contributed by atoms with E-state index in [9.17, 15) is 0 Å². The highest BCUT2D eigenvalue weighted by atomic mass is 32.1. The van der Waals surface area contributed by atoms with Gasteiger partial charge in [0, 0.05) is 7.05 Å². The van der Waals surface area contributed by atoms with Crippen LogP contribution in [0.1, 0.15) is 12.5 Å². The lowest BCUT2D eigenvalue weighted by Gasteiger charge is -2.07. The maximum Gasteiger partial charge on any atom is 0.186 e. The van der Waals surface area contributed by atoms with Crippen molar-refractivity contribution in [3.63, 3.8) is 0 Å². The average Bonchev–Trinajstić information content (AvgIpc) is 2.50. The first kappa shape index (κ1) is 14.3. The van der Waals surface area contributed by atoms with Gasteiger partial charge in [0.25, 0.3) is 0 Å². The smallest absolute Gasteiger partial charge is 0.186 e. The molecule has 0 aliphatic rings. The molecule has 20 heavy (non-hydrogen) atoms. The van der Waals surface area contributed by atoms with E-state index in [0.717, 1.165) is 27.8 Å². The fourth-order valence-corrected chi connectivity index (χ4v) is 1.88. The lowest BCUT2D eigenvalue weighted by Crippen LogP contribution is -2.29. The third kappa shape index (κ3) is 3.24. The van der Waals surface area contributed by atoms with Crippen LogP contribution in [0.5, 0.6) is 5.75 Å². The molecule has 2 aromatic carbocycles. The molecule has 104 valence electrons. The fraction of sp³-hybridized carbons (Fsp3) is 0.200.